The fraction of sp³-hybridized carbons (Fsp3) is 0.417. The summed E-state index contributed by atoms with van der Waals surface area (Å²) in [7, 11) is -3.35. The minimum atomic E-state index is -3.35. The van der Waals surface area contributed by atoms with Crippen LogP contribution < -0.4 is 0 Å². The maximum Gasteiger partial charge on any atom is 0.178 e. The predicted molar refractivity (Wildman–Crippen MR) is 73.0 cm³/mol. The van der Waals surface area contributed by atoms with E-state index in [9.17, 15) is 13.2 Å². The van der Waals surface area contributed by atoms with Crippen LogP contribution in [0.15, 0.2) is 23.1 Å². The van der Waals surface area contributed by atoms with E-state index in [2.05, 4.69) is 0 Å². The average molecular weight is 309 g/mol. The second kappa shape index (κ2) is 6.55. The SMILES string of the molecule is CC(=O)CCCCS(=O)(=O)c1ccc(Cl)c(Cl)c1. The van der Waals surface area contributed by atoms with E-state index in [1.165, 1.54) is 25.1 Å². The van der Waals surface area contributed by atoms with Crippen molar-refractivity contribution in [3.63, 3.8) is 0 Å². The summed E-state index contributed by atoms with van der Waals surface area (Å²) in [5, 5.41) is 0.550. The zero-order valence-corrected chi connectivity index (χ0v) is 12.3. The fourth-order valence-electron chi connectivity index (χ4n) is 1.45. The van der Waals surface area contributed by atoms with Crippen molar-refractivity contribution in [2.45, 2.75) is 31.1 Å². The molecule has 0 unspecified atom stereocenters. The number of carbonyl (C=O) groups excluding carboxylic acids is 1. The number of hydrogen-bond acceptors (Lipinski definition) is 3. The number of rotatable bonds is 6. The second-order valence-corrected chi connectivity index (χ2v) is 6.98. The summed E-state index contributed by atoms with van der Waals surface area (Å²) < 4.78 is 23.9. The topological polar surface area (TPSA) is 51.2 Å². The Bertz CT molecular complexity index is 538. The molecule has 0 aliphatic heterocycles. The molecule has 0 bridgehead atoms. The normalized spacial score (nSPS) is 11.5. The molecule has 0 fully saturated rings. The van der Waals surface area contributed by atoms with Crippen molar-refractivity contribution in [3.05, 3.63) is 28.2 Å². The Hall–Kier alpha value is -0.580. The monoisotopic (exact) mass is 308 g/mol. The maximum atomic E-state index is 12.0. The molecular formula is C12H14Cl2O3S. The van der Waals surface area contributed by atoms with Gasteiger partial charge in [-0.15, -0.1) is 0 Å². The molecule has 1 aromatic carbocycles. The van der Waals surface area contributed by atoms with Gasteiger partial charge in [-0.25, -0.2) is 8.42 Å². The number of ketones is 1. The smallest absolute Gasteiger partial charge is 0.178 e. The summed E-state index contributed by atoms with van der Waals surface area (Å²) in [6.07, 6.45) is 1.45. The first-order valence-electron chi connectivity index (χ1n) is 5.50. The Morgan fingerprint density at radius 1 is 1.17 bits per heavy atom. The van der Waals surface area contributed by atoms with Crippen LogP contribution in [-0.2, 0) is 14.6 Å². The van der Waals surface area contributed by atoms with Gasteiger partial charge in [0, 0.05) is 6.42 Å². The van der Waals surface area contributed by atoms with Gasteiger partial charge < -0.3 is 4.79 Å². The molecule has 0 aromatic heterocycles. The van der Waals surface area contributed by atoms with E-state index < -0.39 is 9.84 Å². The number of hydrogen-bond donors (Lipinski definition) is 0. The van der Waals surface area contributed by atoms with Gasteiger partial charge >= 0.3 is 0 Å². The molecule has 1 rings (SSSR count). The summed E-state index contributed by atoms with van der Waals surface area (Å²) >= 11 is 11.5. The molecule has 1 aromatic rings. The lowest BCUT2D eigenvalue weighted by Gasteiger charge is -2.05. The summed E-state index contributed by atoms with van der Waals surface area (Å²) in [5.74, 6) is 0.0834. The molecule has 0 amide bonds. The van der Waals surface area contributed by atoms with Gasteiger partial charge in [0.15, 0.2) is 9.84 Å². The molecule has 0 atom stereocenters. The average Bonchev–Trinajstić information content (AvgIpc) is 2.28. The van der Waals surface area contributed by atoms with Crippen molar-refractivity contribution in [2.24, 2.45) is 0 Å². The number of halogens is 2. The van der Waals surface area contributed by atoms with Gasteiger partial charge in [0.25, 0.3) is 0 Å². The Morgan fingerprint density at radius 2 is 1.83 bits per heavy atom. The van der Waals surface area contributed by atoms with E-state index in [1.807, 2.05) is 0 Å². The lowest BCUT2D eigenvalue weighted by atomic mass is 10.2. The summed E-state index contributed by atoms with van der Waals surface area (Å²) in [4.78, 5) is 10.9. The van der Waals surface area contributed by atoms with Gasteiger partial charge in [0.1, 0.15) is 5.78 Å². The Morgan fingerprint density at radius 3 is 2.39 bits per heavy atom. The van der Waals surface area contributed by atoms with Crippen LogP contribution in [0.1, 0.15) is 26.2 Å². The van der Waals surface area contributed by atoms with Gasteiger partial charge in [-0.2, -0.15) is 0 Å². The van der Waals surface area contributed by atoms with Crippen molar-refractivity contribution in [1.82, 2.24) is 0 Å². The van der Waals surface area contributed by atoms with Gasteiger partial charge in [-0.05, 0) is 38.0 Å². The van der Waals surface area contributed by atoms with Crippen molar-refractivity contribution in [2.75, 3.05) is 5.75 Å². The van der Waals surface area contributed by atoms with Crippen LogP contribution in [-0.4, -0.2) is 20.0 Å². The van der Waals surface area contributed by atoms with Crippen LogP contribution >= 0.6 is 23.2 Å². The van der Waals surface area contributed by atoms with E-state index in [0.717, 1.165) is 0 Å². The molecular weight excluding hydrogens is 295 g/mol. The molecule has 100 valence electrons. The number of sulfone groups is 1. The molecule has 3 nitrogen and oxygen atoms in total. The third kappa shape index (κ3) is 4.59. The summed E-state index contributed by atoms with van der Waals surface area (Å²) in [6.45, 7) is 1.49. The van der Waals surface area contributed by atoms with Crippen LogP contribution in [0.3, 0.4) is 0 Å². The number of benzene rings is 1. The quantitative estimate of drug-likeness (QED) is 0.755. The van der Waals surface area contributed by atoms with E-state index in [0.29, 0.717) is 24.3 Å². The molecule has 0 saturated carbocycles. The van der Waals surface area contributed by atoms with Crippen LogP contribution in [0.5, 0.6) is 0 Å². The lowest BCUT2D eigenvalue weighted by Crippen LogP contribution is -2.07. The predicted octanol–water partition coefficient (Wildman–Crippen LogP) is 3.53. The minimum absolute atomic E-state index is 0.0121. The second-order valence-electron chi connectivity index (χ2n) is 4.05. The van der Waals surface area contributed by atoms with E-state index >= 15 is 0 Å². The van der Waals surface area contributed by atoms with Crippen molar-refractivity contribution in [3.8, 4) is 0 Å². The highest BCUT2D eigenvalue weighted by Crippen LogP contribution is 2.25. The largest absolute Gasteiger partial charge is 0.300 e. The zero-order chi connectivity index (χ0) is 13.8. The maximum absolute atomic E-state index is 12.0. The van der Waals surface area contributed by atoms with Crippen LogP contribution in [0.2, 0.25) is 10.0 Å². The Balaban J connectivity index is 2.68. The van der Waals surface area contributed by atoms with E-state index in [-0.39, 0.29) is 21.5 Å². The number of Topliss-reactive ketones (excluding diaryl/α,β-unsaturated/α-hetero) is 1. The molecule has 0 heterocycles. The molecule has 0 aliphatic carbocycles. The van der Waals surface area contributed by atoms with Crippen LogP contribution in [0, 0.1) is 0 Å². The van der Waals surface area contributed by atoms with Crippen molar-refractivity contribution < 1.29 is 13.2 Å². The van der Waals surface area contributed by atoms with E-state index in [4.69, 9.17) is 23.2 Å². The molecule has 0 radical (unpaired) electrons. The molecule has 0 spiro atoms. The first-order chi connectivity index (χ1) is 8.33. The molecule has 0 saturated heterocycles. The number of carbonyl (C=O) groups is 1. The fourth-order valence-corrected chi connectivity index (χ4v) is 3.21. The highest BCUT2D eigenvalue weighted by atomic mass is 35.5. The first-order valence-corrected chi connectivity index (χ1v) is 7.91. The van der Waals surface area contributed by atoms with Crippen molar-refractivity contribution in [1.29, 1.82) is 0 Å². The van der Waals surface area contributed by atoms with Gasteiger partial charge in [0.05, 0.1) is 20.7 Å². The molecule has 0 aliphatic rings. The van der Waals surface area contributed by atoms with E-state index in [1.54, 1.807) is 0 Å². The number of unbranched alkanes of at least 4 members (excludes halogenated alkanes) is 1. The highest BCUT2D eigenvalue weighted by molar-refractivity contribution is 7.91. The Kier molecular flexibility index (Phi) is 5.63. The molecule has 18 heavy (non-hydrogen) atoms. The molecule has 6 heteroatoms. The lowest BCUT2D eigenvalue weighted by molar-refractivity contribution is -0.117. The minimum Gasteiger partial charge on any atom is -0.300 e. The highest BCUT2D eigenvalue weighted by Gasteiger charge is 2.15. The standard InChI is InChI=1S/C12H14Cl2O3S/c1-9(15)4-2-3-7-18(16,17)10-5-6-11(13)12(14)8-10/h5-6,8H,2-4,7H2,1H3. The summed E-state index contributed by atoms with van der Waals surface area (Å²) in [5.41, 5.74) is 0. The zero-order valence-electron chi connectivity index (χ0n) is 9.95. The van der Waals surface area contributed by atoms with Gasteiger partial charge in [-0.1, -0.05) is 23.2 Å². The summed E-state index contributed by atoms with van der Waals surface area (Å²) in [6, 6.07) is 4.26. The van der Waals surface area contributed by atoms with Crippen LogP contribution in [0.4, 0.5) is 0 Å². The first kappa shape index (κ1) is 15.5. The van der Waals surface area contributed by atoms with Crippen molar-refractivity contribution >= 4 is 38.8 Å². The third-order valence-corrected chi connectivity index (χ3v) is 4.98. The van der Waals surface area contributed by atoms with Gasteiger partial charge in [-0.3, -0.25) is 0 Å². The third-order valence-electron chi connectivity index (χ3n) is 2.44. The Labute approximate surface area is 117 Å². The molecule has 0 N–H and O–H groups in total. The van der Waals surface area contributed by atoms with Crippen LogP contribution in [0.25, 0.3) is 0 Å². The van der Waals surface area contributed by atoms with Gasteiger partial charge in [0.2, 0.25) is 0 Å².